The van der Waals surface area contributed by atoms with Gasteiger partial charge in [-0.05, 0) is 48.1 Å². The first kappa shape index (κ1) is 24.1. The van der Waals surface area contributed by atoms with Crippen molar-refractivity contribution in [3.63, 3.8) is 0 Å². The van der Waals surface area contributed by atoms with Crippen molar-refractivity contribution >= 4 is 11.6 Å². The first-order valence-electron chi connectivity index (χ1n) is 12.8. The summed E-state index contributed by atoms with van der Waals surface area (Å²) in [4.78, 5) is 17.9. The molecule has 3 nitrogen and oxygen atoms in total. The number of hydrogen-bond donors (Lipinski definition) is 0. The third-order valence-corrected chi connectivity index (χ3v) is 7.18. The third-order valence-electron chi connectivity index (χ3n) is 7.18. The number of nitrogens with zero attached hydrogens (tertiary/aromatic N) is 2. The lowest BCUT2D eigenvalue weighted by atomic mass is 9.86. The fraction of sp³-hybridized carbons (Fsp3) is 0.387. The lowest BCUT2D eigenvalue weighted by Crippen LogP contribution is -2.37. The molecule has 1 aliphatic carbocycles. The second kappa shape index (κ2) is 11.9. The summed E-state index contributed by atoms with van der Waals surface area (Å²) in [7, 11) is 4.11. The average molecular weight is 455 g/mol. The van der Waals surface area contributed by atoms with Gasteiger partial charge in [0.1, 0.15) is 0 Å². The molecule has 0 atom stereocenters. The Bertz CT molecular complexity index is 969. The molecule has 1 saturated carbocycles. The lowest BCUT2D eigenvalue weighted by Gasteiger charge is -2.31. The highest BCUT2D eigenvalue weighted by molar-refractivity contribution is 5.79. The van der Waals surface area contributed by atoms with Crippen LogP contribution in [0.4, 0.5) is 5.69 Å². The molecule has 0 aliphatic heterocycles. The second-order valence-corrected chi connectivity index (χ2v) is 9.82. The maximum absolute atomic E-state index is 13.7. The van der Waals surface area contributed by atoms with Crippen LogP contribution in [0, 0.1) is 5.92 Å². The smallest absolute Gasteiger partial charge is 0.225 e. The van der Waals surface area contributed by atoms with Crippen LogP contribution in [0.3, 0.4) is 0 Å². The van der Waals surface area contributed by atoms with E-state index in [1.807, 2.05) is 0 Å². The van der Waals surface area contributed by atoms with E-state index in [1.165, 1.54) is 41.6 Å². The molecule has 3 aromatic rings. The van der Waals surface area contributed by atoms with E-state index >= 15 is 0 Å². The summed E-state index contributed by atoms with van der Waals surface area (Å²) in [5.74, 6) is 0.804. The van der Waals surface area contributed by atoms with Gasteiger partial charge in [0, 0.05) is 44.7 Å². The van der Waals surface area contributed by atoms with Gasteiger partial charge in [-0.25, -0.2) is 0 Å². The van der Waals surface area contributed by atoms with Gasteiger partial charge in [-0.15, -0.1) is 0 Å². The maximum Gasteiger partial charge on any atom is 0.225 e. The predicted molar refractivity (Wildman–Crippen MR) is 142 cm³/mol. The highest BCUT2D eigenvalue weighted by Gasteiger charge is 2.27. The van der Waals surface area contributed by atoms with Gasteiger partial charge in [-0.3, -0.25) is 4.79 Å². The van der Waals surface area contributed by atoms with Crippen LogP contribution < -0.4 is 4.90 Å². The highest BCUT2D eigenvalue weighted by atomic mass is 16.2. The van der Waals surface area contributed by atoms with Crippen molar-refractivity contribution in [2.75, 3.05) is 25.5 Å². The Morgan fingerprint density at radius 1 is 0.794 bits per heavy atom. The van der Waals surface area contributed by atoms with E-state index in [0.29, 0.717) is 12.5 Å². The van der Waals surface area contributed by atoms with Gasteiger partial charge in [-0.2, -0.15) is 0 Å². The molecule has 3 aromatic carbocycles. The van der Waals surface area contributed by atoms with Crippen molar-refractivity contribution in [3.05, 3.63) is 102 Å². The Hall–Kier alpha value is -3.07. The molecule has 3 heteroatoms. The van der Waals surface area contributed by atoms with Crippen molar-refractivity contribution in [1.29, 1.82) is 0 Å². The summed E-state index contributed by atoms with van der Waals surface area (Å²) < 4.78 is 0. The average Bonchev–Trinajstić information content (AvgIpc) is 2.90. The minimum Gasteiger partial charge on any atom is -0.378 e. The second-order valence-electron chi connectivity index (χ2n) is 9.82. The fourth-order valence-electron chi connectivity index (χ4n) is 5.18. The molecule has 178 valence electrons. The molecule has 4 rings (SSSR count). The van der Waals surface area contributed by atoms with E-state index in [4.69, 9.17) is 0 Å². The van der Waals surface area contributed by atoms with Crippen molar-refractivity contribution in [1.82, 2.24) is 4.90 Å². The van der Waals surface area contributed by atoms with Crippen LogP contribution in [0.15, 0.2) is 84.9 Å². The molecule has 34 heavy (non-hydrogen) atoms. The van der Waals surface area contributed by atoms with Crippen LogP contribution in [0.1, 0.15) is 61.1 Å². The zero-order valence-electron chi connectivity index (χ0n) is 20.7. The van der Waals surface area contributed by atoms with Crippen molar-refractivity contribution in [2.24, 2.45) is 5.92 Å². The molecule has 0 unspecified atom stereocenters. The van der Waals surface area contributed by atoms with E-state index < -0.39 is 0 Å². The van der Waals surface area contributed by atoms with Crippen molar-refractivity contribution in [2.45, 2.75) is 51.0 Å². The summed E-state index contributed by atoms with van der Waals surface area (Å²) in [6, 6.07) is 30.1. The Kier molecular flexibility index (Phi) is 8.41. The van der Waals surface area contributed by atoms with Gasteiger partial charge < -0.3 is 9.80 Å². The summed E-state index contributed by atoms with van der Waals surface area (Å²) in [6.07, 6.45) is 6.62. The number of amides is 1. The predicted octanol–water partition coefficient (Wildman–Crippen LogP) is 6.88. The number of benzene rings is 3. The minimum atomic E-state index is 0.182. The first-order valence-corrected chi connectivity index (χ1v) is 12.8. The van der Waals surface area contributed by atoms with Crippen LogP contribution in [0.25, 0.3) is 0 Å². The van der Waals surface area contributed by atoms with E-state index in [-0.39, 0.29) is 11.8 Å². The van der Waals surface area contributed by atoms with Crippen molar-refractivity contribution in [3.8, 4) is 0 Å². The first-order chi connectivity index (χ1) is 16.6. The quantitative estimate of drug-likeness (QED) is 0.352. The van der Waals surface area contributed by atoms with E-state index in [9.17, 15) is 4.79 Å². The zero-order valence-corrected chi connectivity index (χ0v) is 20.7. The molecule has 1 fully saturated rings. The molecular formula is C31H38N2O. The van der Waals surface area contributed by atoms with Crippen molar-refractivity contribution < 1.29 is 4.79 Å². The fourth-order valence-corrected chi connectivity index (χ4v) is 5.18. The Balaban J connectivity index is 1.55. The van der Waals surface area contributed by atoms with Crippen LogP contribution in [0.2, 0.25) is 0 Å². The Labute approximate surface area is 205 Å². The van der Waals surface area contributed by atoms with Crippen LogP contribution in [-0.4, -0.2) is 31.4 Å². The van der Waals surface area contributed by atoms with E-state index in [1.54, 1.807) is 0 Å². The SMILES string of the molecule is CN(C)c1ccc(CN(CCC(c2ccccc2)c2ccccc2)C(=O)C2CCCCC2)cc1. The van der Waals surface area contributed by atoms with Gasteiger partial charge >= 0.3 is 0 Å². The molecule has 0 N–H and O–H groups in total. The monoisotopic (exact) mass is 454 g/mol. The summed E-state index contributed by atoms with van der Waals surface area (Å²) >= 11 is 0. The standard InChI is InChI=1S/C31H38N2O/c1-32(2)29-20-18-25(19-21-29)24-33(31(34)28-16-10-5-11-17-28)23-22-30(26-12-6-3-7-13-26)27-14-8-4-9-15-27/h3-4,6-9,12-15,18-21,28,30H,5,10-11,16-17,22-24H2,1-2H3. The maximum atomic E-state index is 13.7. The Morgan fingerprint density at radius 2 is 1.35 bits per heavy atom. The minimum absolute atomic E-state index is 0.182. The van der Waals surface area contributed by atoms with E-state index in [0.717, 1.165) is 25.8 Å². The van der Waals surface area contributed by atoms with Gasteiger partial charge in [0.2, 0.25) is 5.91 Å². The van der Waals surface area contributed by atoms with Gasteiger partial charge in [-0.1, -0.05) is 92.1 Å². The largest absolute Gasteiger partial charge is 0.378 e. The zero-order chi connectivity index (χ0) is 23.8. The number of hydrogen-bond acceptors (Lipinski definition) is 2. The summed E-state index contributed by atoms with van der Waals surface area (Å²) in [5.41, 5.74) is 5.01. The molecule has 0 heterocycles. The summed E-state index contributed by atoms with van der Waals surface area (Å²) in [5, 5.41) is 0. The number of rotatable bonds is 9. The molecule has 0 aromatic heterocycles. The molecule has 0 saturated heterocycles. The Morgan fingerprint density at radius 3 is 1.88 bits per heavy atom. The third kappa shape index (κ3) is 6.28. The van der Waals surface area contributed by atoms with Gasteiger partial charge in [0.05, 0.1) is 0 Å². The molecule has 1 amide bonds. The van der Waals surface area contributed by atoms with E-state index in [2.05, 4.69) is 109 Å². The molecular weight excluding hydrogens is 416 g/mol. The lowest BCUT2D eigenvalue weighted by molar-refractivity contribution is -0.137. The molecule has 0 bridgehead atoms. The van der Waals surface area contributed by atoms with Gasteiger partial charge in [0.15, 0.2) is 0 Å². The molecule has 0 spiro atoms. The normalized spacial score (nSPS) is 14.2. The van der Waals surface area contributed by atoms with Crippen LogP contribution in [0.5, 0.6) is 0 Å². The number of anilines is 1. The topological polar surface area (TPSA) is 23.6 Å². The van der Waals surface area contributed by atoms with Crippen LogP contribution >= 0.6 is 0 Å². The molecule has 0 radical (unpaired) electrons. The number of carbonyl (C=O) groups is 1. The van der Waals surface area contributed by atoms with Gasteiger partial charge in [0.25, 0.3) is 0 Å². The summed E-state index contributed by atoms with van der Waals surface area (Å²) in [6.45, 7) is 1.44. The molecule has 1 aliphatic rings. The number of carbonyl (C=O) groups excluding carboxylic acids is 1. The van der Waals surface area contributed by atoms with Crippen LogP contribution in [-0.2, 0) is 11.3 Å². The highest BCUT2D eigenvalue weighted by Crippen LogP contribution is 2.30.